The SMILES string of the molecule is CN1CCC(N2C(=O)c3cc4nc(-c5c(N[C@H](CO)Cc6ccccc6)cc[nH]c5=O)[nH]c4cc3C2=O)CC1. The first-order chi connectivity index (χ1) is 18.9. The first-order valence-corrected chi connectivity index (χ1v) is 13.2. The lowest BCUT2D eigenvalue weighted by atomic mass is 10.0. The van der Waals surface area contributed by atoms with Crippen LogP contribution in [0.15, 0.2) is 59.5 Å². The highest BCUT2D eigenvalue weighted by Gasteiger charge is 2.41. The summed E-state index contributed by atoms with van der Waals surface area (Å²) in [4.78, 5) is 53.6. The number of fused-ring (bicyclic) bond motifs is 2. The van der Waals surface area contributed by atoms with Crippen LogP contribution in [0.4, 0.5) is 5.69 Å². The molecule has 39 heavy (non-hydrogen) atoms. The number of imide groups is 1. The summed E-state index contributed by atoms with van der Waals surface area (Å²) < 4.78 is 0. The van der Waals surface area contributed by atoms with Crippen LogP contribution in [0.1, 0.15) is 39.1 Å². The number of rotatable bonds is 7. The predicted molar refractivity (Wildman–Crippen MR) is 148 cm³/mol. The van der Waals surface area contributed by atoms with Gasteiger partial charge in [0, 0.05) is 12.2 Å². The van der Waals surface area contributed by atoms with Gasteiger partial charge in [0.05, 0.1) is 40.5 Å². The van der Waals surface area contributed by atoms with Crippen LogP contribution < -0.4 is 10.9 Å². The lowest BCUT2D eigenvalue weighted by Crippen LogP contribution is -2.46. The van der Waals surface area contributed by atoms with Crippen molar-refractivity contribution in [1.29, 1.82) is 0 Å². The number of nitrogens with zero attached hydrogens (tertiary/aromatic N) is 3. The molecule has 2 aliphatic heterocycles. The van der Waals surface area contributed by atoms with Gasteiger partial charge in [-0.1, -0.05) is 30.3 Å². The third kappa shape index (κ3) is 4.62. The monoisotopic (exact) mass is 526 g/mol. The van der Waals surface area contributed by atoms with Gasteiger partial charge >= 0.3 is 0 Å². The molecule has 0 radical (unpaired) electrons. The van der Waals surface area contributed by atoms with Gasteiger partial charge in [-0.2, -0.15) is 0 Å². The van der Waals surface area contributed by atoms with Crippen molar-refractivity contribution < 1.29 is 14.7 Å². The van der Waals surface area contributed by atoms with E-state index in [0.717, 1.165) is 31.5 Å². The molecule has 4 heterocycles. The van der Waals surface area contributed by atoms with E-state index in [9.17, 15) is 19.5 Å². The normalized spacial score (nSPS) is 17.1. The molecule has 1 saturated heterocycles. The maximum absolute atomic E-state index is 13.3. The third-order valence-electron chi connectivity index (χ3n) is 7.68. The largest absolute Gasteiger partial charge is 0.394 e. The van der Waals surface area contributed by atoms with Crippen molar-refractivity contribution in [3.8, 4) is 11.4 Å². The number of pyridine rings is 1. The van der Waals surface area contributed by atoms with E-state index in [2.05, 4.69) is 25.2 Å². The average molecular weight is 527 g/mol. The Morgan fingerprint density at radius 1 is 1.05 bits per heavy atom. The van der Waals surface area contributed by atoms with Crippen molar-refractivity contribution in [1.82, 2.24) is 24.8 Å². The lowest BCUT2D eigenvalue weighted by molar-refractivity contribution is 0.0516. The fourth-order valence-electron chi connectivity index (χ4n) is 5.58. The highest BCUT2D eigenvalue weighted by Crippen LogP contribution is 2.32. The van der Waals surface area contributed by atoms with Crippen molar-refractivity contribution in [3.63, 3.8) is 0 Å². The van der Waals surface area contributed by atoms with E-state index >= 15 is 0 Å². The minimum Gasteiger partial charge on any atom is -0.394 e. The molecule has 0 spiro atoms. The van der Waals surface area contributed by atoms with Crippen molar-refractivity contribution in [2.45, 2.75) is 31.3 Å². The van der Waals surface area contributed by atoms with Crippen molar-refractivity contribution in [3.05, 3.63) is 81.8 Å². The van der Waals surface area contributed by atoms with Gasteiger partial charge in [-0.15, -0.1) is 0 Å². The molecule has 1 atom stereocenters. The van der Waals surface area contributed by atoms with Crippen molar-refractivity contribution in [2.75, 3.05) is 32.1 Å². The smallest absolute Gasteiger partial charge is 0.261 e. The van der Waals surface area contributed by atoms with Gasteiger partial charge in [0.15, 0.2) is 0 Å². The Hall–Kier alpha value is -4.28. The van der Waals surface area contributed by atoms with E-state index in [1.807, 2.05) is 37.4 Å². The second-order valence-electron chi connectivity index (χ2n) is 10.3. The summed E-state index contributed by atoms with van der Waals surface area (Å²) in [6.45, 7) is 1.55. The fourth-order valence-corrected chi connectivity index (χ4v) is 5.58. The van der Waals surface area contributed by atoms with Gasteiger partial charge in [0.1, 0.15) is 11.4 Å². The summed E-state index contributed by atoms with van der Waals surface area (Å²) in [5.41, 5.74) is 3.24. The summed E-state index contributed by atoms with van der Waals surface area (Å²) >= 11 is 0. The van der Waals surface area contributed by atoms with Gasteiger partial charge in [-0.25, -0.2) is 4.98 Å². The summed E-state index contributed by atoms with van der Waals surface area (Å²) in [7, 11) is 2.04. The van der Waals surface area contributed by atoms with E-state index in [1.54, 1.807) is 18.2 Å². The Morgan fingerprint density at radius 2 is 1.77 bits per heavy atom. The molecule has 0 unspecified atom stereocenters. The molecule has 2 aliphatic rings. The minimum absolute atomic E-state index is 0.109. The molecule has 10 heteroatoms. The number of carbonyl (C=O) groups excluding carboxylic acids is 2. The molecule has 4 aromatic rings. The number of imidazole rings is 1. The number of H-pyrrole nitrogens is 2. The number of hydrogen-bond acceptors (Lipinski definition) is 7. The molecule has 0 bridgehead atoms. The van der Waals surface area contributed by atoms with E-state index in [4.69, 9.17) is 0 Å². The van der Waals surface area contributed by atoms with Gasteiger partial charge in [-0.3, -0.25) is 19.3 Å². The maximum atomic E-state index is 13.3. The molecule has 4 N–H and O–H groups in total. The molecule has 200 valence electrons. The number of aliphatic hydroxyl groups is 1. The Morgan fingerprint density at radius 3 is 2.49 bits per heavy atom. The highest BCUT2D eigenvalue weighted by atomic mass is 16.3. The van der Waals surface area contributed by atoms with Gasteiger partial charge in [0.2, 0.25) is 0 Å². The number of carbonyl (C=O) groups is 2. The zero-order valence-electron chi connectivity index (χ0n) is 21.6. The predicted octanol–water partition coefficient (Wildman–Crippen LogP) is 2.62. The Kier molecular flexibility index (Phi) is 6.49. The number of hydrogen-bond donors (Lipinski definition) is 4. The van der Waals surface area contributed by atoms with E-state index in [0.29, 0.717) is 40.1 Å². The molecule has 0 aliphatic carbocycles. The van der Waals surface area contributed by atoms with Gasteiger partial charge in [-0.05, 0) is 63.2 Å². The van der Waals surface area contributed by atoms with Gasteiger partial charge in [0.25, 0.3) is 17.4 Å². The molecule has 0 saturated carbocycles. The number of aromatic nitrogens is 3. The van der Waals surface area contributed by atoms with E-state index < -0.39 is 0 Å². The maximum Gasteiger partial charge on any atom is 0.261 e. The summed E-state index contributed by atoms with van der Waals surface area (Å²) in [5.74, 6) is -0.265. The summed E-state index contributed by atoms with van der Waals surface area (Å²) in [6, 6.07) is 14.4. The lowest BCUT2D eigenvalue weighted by Gasteiger charge is -2.33. The summed E-state index contributed by atoms with van der Waals surface area (Å²) in [6.07, 6.45) is 3.62. The quantitative estimate of drug-likeness (QED) is 0.272. The van der Waals surface area contributed by atoms with Crippen LogP contribution in [0.25, 0.3) is 22.4 Å². The van der Waals surface area contributed by atoms with Crippen LogP contribution in [0.3, 0.4) is 0 Å². The fraction of sp³-hybridized carbons (Fsp3) is 0.310. The van der Waals surface area contributed by atoms with Crippen LogP contribution >= 0.6 is 0 Å². The first-order valence-electron chi connectivity index (χ1n) is 13.2. The second-order valence-corrected chi connectivity index (χ2v) is 10.3. The van der Waals surface area contributed by atoms with E-state index in [-0.39, 0.29) is 41.6 Å². The highest BCUT2D eigenvalue weighted by molar-refractivity contribution is 6.23. The summed E-state index contributed by atoms with van der Waals surface area (Å²) in [5, 5.41) is 13.3. The van der Waals surface area contributed by atoms with Crippen LogP contribution in [-0.2, 0) is 6.42 Å². The topological polar surface area (TPSA) is 134 Å². The Balaban J connectivity index is 1.31. The minimum atomic E-state index is -0.358. The van der Waals surface area contributed by atoms with Crippen molar-refractivity contribution >= 4 is 28.5 Å². The molecule has 10 nitrogen and oxygen atoms in total. The Labute approximate surface area is 224 Å². The van der Waals surface area contributed by atoms with E-state index in [1.165, 1.54) is 11.1 Å². The number of aromatic amines is 2. The number of nitrogens with one attached hydrogen (secondary N) is 3. The number of piperidine rings is 1. The Bertz CT molecular complexity index is 1550. The molecule has 2 aromatic heterocycles. The molecule has 1 fully saturated rings. The van der Waals surface area contributed by atoms with Crippen LogP contribution in [-0.4, -0.2) is 80.5 Å². The van der Waals surface area contributed by atoms with Gasteiger partial charge < -0.3 is 25.3 Å². The molecular weight excluding hydrogens is 496 g/mol. The zero-order chi connectivity index (χ0) is 27.1. The standard InChI is InChI=1S/C29H30N6O4/c1-34-11-8-19(9-12-34)35-28(38)20-14-23-24(15-21(20)29(35)39)33-26(32-23)25-22(7-10-30-27(25)37)31-18(16-36)13-17-5-3-2-4-6-17/h2-7,10,14-15,18-19,36H,8-9,11-13,16H2,1H3,(H,32,33)(H2,30,31,37)/t18-/m0/s1. The molecule has 6 rings (SSSR count). The number of aliphatic hydroxyl groups excluding tert-OH is 1. The first kappa shape index (κ1) is 25.0. The third-order valence-corrected chi connectivity index (χ3v) is 7.68. The van der Waals surface area contributed by atoms with Crippen molar-refractivity contribution in [2.24, 2.45) is 0 Å². The second kappa shape index (κ2) is 10.1. The van der Waals surface area contributed by atoms with Crippen LogP contribution in [0, 0.1) is 0 Å². The number of anilines is 1. The number of likely N-dealkylation sites (tertiary alicyclic amines) is 1. The molecule has 2 aromatic carbocycles. The average Bonchev–Trinajstić information content (AvgIpc) is 3.46. The number of benzene rings is 2. The van der Waals surface area contributed by atoms with Crippen LogP contribution in [0.2, 0.25) is 0 Å². The number of amides is 2. The zero-order valence-corrected chi connectivity index (χ0v) is 21.6. The molecular formula is C29H30N6O4. The molecule has 2 amide bonds. The van der Waals surface area contributed by atoms with Crippen LogP contribution in [0.5, 0.6) is 0 Å².